The first-order chi connectivity index (χ1) is 13.8. The summed E-state index contributed by atoms with van der Waals surface area (Å²) in [5.41, 5.74) is 2.24. The predicted molar refractivity (Wildman–Crippen MR) is 119 cm³/mol. The summed E-state index contributed by atoms with van der Waals surface area (Å²) in [5, 5.41) is 8.96. The number of nitrogens with zero attached hydrogens (tertiary/aromatic N) is 1. The van der Waals surface area contributed by atoms with Crippen LogP contribution in [0.4, 0.5) is 0 Å². The molecule has 28 heavy (non-hydrogen) atoms. The maximum Gasteiger partial charge on any atom is 0.0991 e. The van der Waals surface area contributed by atoms with Crippen LogP contribution < -0.4 is 0 Å². The molecular weight excluding hydrogens is 338 g/mol. The Hall–Kier alpha value is -1.29. The van der Waals surface area contributed by atoms with E-state index >= 15 is 0 Å². The van der Waals surface area contributed by atoms with Crippen molar-refractivity contribution in [2.24, 2.45) is 17.8 Å². The average Bonchev–Trinajstić information content (AvgIpc) is 2.76. The molecule has 0 heterocycles. The van der Waals surface area contributed by atoms with Crippen LogP contribution >= 0.6 is 0 Å². The van der Waals surface area contributed by atoms with Crippen molar-refractivity contribution in [3.63, 3.8) is 0 Å². The van der Waals surface area contributed by atoms with Crippen LogP contribution in [0, 0.1) is 29.1 Å². The highest BCUT2D eigenvalue weighted by atomic mass is 14.3. The molecule has 1 heteroatoms. The lowest BCUT2D eigenvalue weighted by molar-refractivity contribution is 0.234. The number of nitriles is 1. The molecule has 0 spiro atoms. The molecule has 154 valence electrons. The topological polar surface area (TPSA) is 23.8 Å². The lowest BCUT2D eigenvalue weighted by atomic mass is 9.75. The van der Waals surface area contributed by atoms with Gasteiger partial charge in [0.25, 0.3) is 0 Å². The van der Waals surface area contributed by atoms with Crippen molar-refractivity contribution in [3.05, 3.63) is 35.4 Å². The highest BCUT2D eigenvalue weighted by Gasteiger charge is 2.24. The molecule has 0 aliphatic heterocycles. The molecular formula is C27H41N. The van der Waals surface area contributed by atoms with Crippen LogP contribution in [0.3, 0.4) is 0 Å². The van der Waals surface area contributed by atoms with Gasteiger partial charge in [0.05, 0.1) is 11.6 Å². The van der Waals surface area contributed by atoms with Crippen molar-refractivity contribution in [1.29, 1.82) is 5.26 Å². The highest BCUT2D eigenvalue weighted by molar-refractivity contribution is 5.33. The second-order valence-electron chi connectivity index (χ2n) is 9.76. The Morgan fingerprint density at radius 2 is 1.21 bits per heavy atom. The van der Waals surface area contributed by atoms with Crippen molar-refractivity contribution in [1.82, 2.24) is 0 Å². The van der Waals surface area contributed by atoms with E-state index < -0.39 is 0 Å². The summed E-state index contributed by atoms with van der Waals surface area (Å²) < 4.78 is 0. The van der Waals surface area contributed by atoms with Crippen LogP contribution in [-0.2, 0) is 0 Å². The Balaban J connectivity index is 1.27. The van der Waals surface area contributed by atoms with Crippen molar-refractivity contribution >= 4 is 0 Å². The zero-order chi connectivity index (χ0) is 19.6. The normalized spacial score (nSPS) is 28.0. The Bertz CT molecular complexity index is 580. The first-order valence-corrected chi connectivity index (χ1v) is 12.3. The Labute approximate surface area is 173 Å². The summed E-state index contributed by atoms with van der Waals surface area (Å²) in [6, 6.07) is 10.6. The molecule has 0 bridgehead atoms. The molecule has 2 fully saturated rings. The molecule has 1 nitrogen and oxygen atoms in total. The second-order valence-corrected chi connectivity index (χ2v) is 9.76. The Kier molecular flexibility index (Phi) is 8.91. The fourth-order valence-electron chi connectivity index (χ4n) is 5.80. The van der Waals surface area contributed by atoms with Crippen LogP contribution in [-0.4, -0.2) is 0 Å². The van der Waals surface area contributed by atoms with E-state index in [-0.39, 0.29) is 0 Å². The number of hydrogen-bond donors (Lipinski definition) is 0. The zero-order valence-electron chi connectivity index (χ0n) is 18.2. The van der Waals surface area contributed by atoms with Gasteiger partial charge in [-0.2, -0.15) is 5.26 Å². The number of benzene rings is 1. The number of rotatable bonds is 9. The highest BCUT2D eigenvalue weighted by Crippen LogP contribution is 2.39. The maximum absolute atomic E-state index is 8.96. The minimum Gasteiger partial charge on any atom is -0.192 e. The smallest absolute Gasteiger partial charge is 0.0991 e. The monoisotopic (exact) mass is 379 g/mol. The quantitative estimate of drug-likeness (QED) is 0.395. The van der Waals surface area contributed by atoms with Gasteiger partial charge in [0, 0.05) is 0 Å². The average molecular weight is 380 g/mol. The molecule has 0 saturated heterocycles. The third kappa shape index (κ3) is 6.65. The standard InChI is InChI=1S/C27H41N/c1-2-3-4-6-22-9-11-23(12-10-22)7-5-8-24-13-17-26(18-14-24)27-19-15-25(21-28)16-20-27/h15-16,19-20,22-24,26H,2-14,17-18H2,1H3. The molecule has 3 rings (SSSR count). The van der Waals surface area contributed by atoms with E-state index in [1.165, 1.54) is 102 Å². The van der Waals surface area contributed by atoms with Gasteiger partial charge in [0.2, 0.25) is 0 Å². The number of unbranched alkanes of at least 4 members (excludes halogenated alkanes) is 2. The molecule has 2 aliphatic rings. The van der Waals surface area contributed by atoms with Crippen molar-refractivity contribution in [3.8, 4) is 6.07 Å². The molecule has 0 N–H and O–H groups in total. The molecule has 0 atom stereocenters. The van der Waals surface area contributed by atoms with Crippen LogP contribution in [0.2, 0.25) is 0 Å². The van der Waals surface area contributed by atoms with Gasteiger partial charge in [0.15, 0.2) is 0 Å². The van der Waals surface area contributed by atoms with Gasteiger partial charge in [-0.25, -0.2) is 0 Å². The van der Waals surface area contributed by atoms with Crippen molar-refractivity contribution in [2.45, 2.75) is 109 Å². The third-order valence-corrected chi connectivity index (χ3v) is 7.76. The summed E-state index contributed by atoms with van der Waals surface area (Å²) in [5.74, 6) is 3.80. The van der Waals surface area contributed by atoms with Crippen molar-refractivity contribution < 1.29 is 0 Å². The zero-order valence-corrected chi connectivity index (χ0v) is 18.2. The fraction of sp³-hybridized carbons (Fsp3) is 0.741. The summed E-state index contributed by atoms with van der Waals surface area (Å²) in [4.78, 5) is 0. The largest absolute Gasteiger partial charge is 0.192 e. The molecule has 0 amide bonds. The maximum atomic E-state index is 8.96. The van der Waals surface area contributed by atoms with E-state index in [1.807, 2.05) is 12.1 Å². The molecule has 2 aliphatic carbocycles. The SMILES string of the molecule is CCCCCC1CCC(CCCC2CCC(c3ccc(C#N)cc3)CC2)CC1. The molecule has 0 aromatic heterocycles. The van der Waals surface area contributed by atoms with Gasteiger partial charge in [-0.3, -0.25) is 0 Å². The van der Waals surface area contributed by atoms with Crippen LogP contribution in [0.1, 0.15) is 120 Å². The first kappa shape index (κ1) is 21.4. The number of hydrogen-bond acceptors (Lipinski definition) is 1. The molecule has 0 radical (unpaired) electrons. The van der Waals surface area contributed by atoms with Gasteiger partial charge in [-0.15, -0.1) is 0 Å². The van der Waals surface area contributed by atoms with Crippen molar-refractivity contribution in [2.75, 3.05) is 0 Å². The lowest BCUT2D eigenvalue weighted by Crippen LogP contribution is -2.16. The lowest BCUT2D eigenvalue weighted by Gasteiger charge is -2.31. The van der Waals surface area contributed by atoms with Gasteiger partial charge >= 0.3 is 0 Å². The second kappa shape index (κ2) is 11.6. The van der Waals surface area contributed by atoms with Crippen LogP contribution in [0.15, 0.2) is 24.3 Å². The van der Waals surface area contributed by atoms with E-state index in [9.17, 15) is 0 Å². The first-order valence-electron chi connectivity index (χ1n) is 12.3. The molecule has 1 aromatic carbocycles. The Morgan fingerprint density at radius 3 is 1.71 bits per heavy atom. The Morgan fingerprint density at radius 1 is 0.714 bits per heavy atom. The van der Waals surface area contributed by atoms with E-state index in [2.05, 4.69) is 25.1 Å². The minimum absolute atomic E-state index is 0.729. The van der Waals surface area contributed by atoms with E-state index in [1.54, 1.807) is 0 Å². The fourth-order valence-corrected chi connectivity index (χ4v) is 5.80. The van der Waals surface area contributed by atoms with E-state index in [0.717, 1.165) is 29.2 Å². The van der Waals surface area contributed by atoms with Gasteiger partial charge < -0.3 is 0 Å². The van der Waals surface area contributed by atoms with Gasteiger partial charge in [-0.05, 0) is 67.1 Å². The summed E-state index contributed by atoms with van der Waals surface area (Å²) >= 11 is 0. The van der Waals surface area contributed by atoms with Crippen LogP contribution in [0.5, 0.6) is 0 Å². The summed E-state index contributed by atoms with van der Waals surface area (Å²) in [6.45, 7) is 2.32. The summed E-state index contributed by atoms with van der Waals surface area (Å²) in [6.07, 6.45) is 21.8. The van der Waals surface area contributed by atoms with Gasteiger partial charge in [0.1, 0.15) is 0 Å². The predicted octanol–water partition coefficient (Wildman–Crippen LogP) is 8.39. The molecule has 2 saturated carbocycles. The minimum atomic E-state index is 0.729. The van der Waals surface area contributed by atoms with E-state index in [4.69, 9.17) is 5.26 Å². The van der Waals surface area contributed by atoms with Gasteiger partial charge in [-0.1, -0.05) is 89.7 Å². The van der Waals surface area contributed by atoms with E-state index in [0.29, 0.717) is 0 Å². The summed E-state index contributed by atoms with van der Waals surface area (Å²) in [7, 11) is 0. The third-order valence-electron chi connectivity index (χ3n) is 7.76. The molecule has 1 aromatic rings. The van der Waals surface area contributed by atoms with Crippen LogP contribution in [0.25, 0.3) is 0 Å². The molecule has 0 unspecified atom stereocenters.